The van der Waals surface area contributed by atoms with Gasteiger partial charge in [-0.25, -0.2) is 4.79 Å². The Morgan fingerprint density at radius 1 is 1.00 bits per heavy atom. The molecule has 1 aliphatic rings. The van der Waals surface area contributed by atoms with Crippen molar-refractivity contribution in [3.8, 4) is 5.75 Å². The molecule has 0 aromatic heterocycles. The number of benzene rings is 2. The van der Waals surface area contributed by atoms with Crippen molar-refractivity contribution in [3.05, 3.63) is 60.2 Å². The number of rotatable bonds is 10. The summed E-state index contributed by atoms with van der Waals surface area (Å²) in [5.74, 6) is -2.82. The summed E-state index contributed by atoms with van der Waals surface area (Å²) < 4.78 is 20.6. The number of likely N-dealkylation sites (tertiary alicyclic amines) is 1. The lowest BCUT2D eigenvalue weighted by molar-refractivity contribution is -0.157. The Bertz CT molecular complexity index is 1010. The SMILES string of the molecule is COC(=O)[C@H]1[C@H]([C@H](Nc2ccc(OC)cc2)[C@@H](OC)C(=O)OC)N(Cc2ccccc2)C(=O)[C@H]1O. The van der Waals surface area contributed by atoms with E-state index >= 15 is 0 Å². The van der Waals surface area contributed by atoms with Crippen molar-refractivity contribution in [2.24, 2.45) is 5.92 Å². The van der Waals surface area contributed by atoms with Gasteiger partial charge in [0.25, 0.3) is 5.91 Å². The lowest BCUT2D eigenvalue weighted by atomic mass is 9.88. The molecule has 0 bridgehead atoms. The van der Waals surface area contributed by atoms with Crippen LogP contribution >= 0.6 is 0 Å². The van der Waals surface area contributed by atoms with E-state index in [1.165, 1.54) is 33.3 Å². The number of methoxy groups -OCH3 is 4. The maximum absolute atomic E-state index is 13.2. The monoisotopic (exact) mass is 486 g/mol. The molecule has 0 spiro atoms. The van der Waals surface area contributed by atoms with E-state index in [1.54, 1.807) is 24.3 Å². The highest BCUT2D eigenvalue weighted by atomic mass is 16.6. The molecule has 1 amide bonds. The Kier molecular flexibility index (Phi) is 8.67. The van der Waals surface area contributed by atoms with Gasteiger partial charge < -0.3 is 34.3 Å². The molecule has 0 unspecified atom stereocenters. The molecule has 2 aromatic rings. The fourth-order valence-electron chi connectivity index (χ4n) is 4.36. The van der Waals surface area contributed by atoms with Crippen LogP contribution in [0.1, 0.15) is 5.56 Å². The van der Waals surface area contributed by atoms with Crippen LogP contribution in [0.4, 0.5) is 5.69 Å². The minimum atomic E-state index is -1.66. The van der Waals surface area contributed by atoms with Crippen molar-refractivity contribution in [2.45, 2.75) is 30.8 Å². The van der Waals surface area contributed by atoms with E-state index in [-0.39, 0.29) is 6.54 Å². The Morgan fingerprint density at radius 2 is 1.66 bits per heavy atom. The third kappa shape index (κ3) is 5.55. The van der Waals surface area contributed by atoms with E-state index in [9.17, 15) is 19.5 Å². The average molecular weight is 487 g/mol. The zero-order valence-corrected chi connectivity index (χ0v) is 20.0. The van der Waals surface area contributed by atoms with Crippen LogP contribution in [0.2, 0.25) is 0 Å². The third-order valence-corrected chi connectivity index (χ3v) is 6.08. The molecule has 2 aromatic carbocycles. The third-order valence-electron chi connectivity index (χ3n) is 6.08. The molecule has 1 saturated heterocycles. The normalized spacial score (nSPS) is 21.2. The van der Waals surface area contributed by atoms with Crippen molar-refractivity contribution in [3.63, 3.8) is 0 Å². The molecule has 0 radical (unpaired) electrons. The second kappa shape index (κ2) is 11.7. The fourth-order valence-corrected chi connectivity index (χ4v) is 4.36. The first-order chi connectivity index (χ1) is 16.9. The number of anilines is 1. The number of aliphatic hydroxyl groups is 1. The number of carbonyl (C=O) groups excluding carboxylic acids is 3. The van der Waals surface area contributed by atoms with E-state index in [2.05, 4.69) is 5.32 Å². The van der Waals surface area contributed by atoms with Crippen LogP contribution in [0.3, 0.4) is 0 Å². The number of ether oxygens (including phenoxy) is 4. The molecule has 3 rings (SSSR count). The van der Waals surface area contributed by atoms with Crippen LogP contribution in [0, 0.1) is 5.92 Å². The van der Waals surface area contributed by atoms with Gasteiger partial charge in [0.1, 0.15) is 17.8 Å². The first kappa shape index (κ1) is 26.0. The highest BCUT2D eigenvalue weighted by Crippen LogP contribution is 2.34. The molecule has 0 saturated carbocycles. The number of amides is 1. The van der Waals surface area contributed by atoms with Gasteiger partial charge >= 0.3 is 11.9 Å². The van der Waals surface area contributed by atoms with E-state index in [1.807, 2.05) is 30.3 Å². The summed E-state index contributed by atoms with van der Waals surface area (Å²) >= 11 is 0. The van der Waals surface area contributed by atoms with E-state index in [0.717, 1.165) is 5.56 Å². The first-order valence-electron chi connectivity index (χ1n) is 11.0. The maximum Gasteiger partial charge on any atom is 0.337 e. The van der Waals surface area contributed by atoms with Crippen molar-refractivity contribution < 1.29 is 38.4 Å². The number of nitrogens with one attached hydrogen (secondary N) is 1. The first-order valence-corrected chi connectivity index (χ1v) is 11.0. The summed E-state index contributed by atoms with van der Waals surface area (Å²) in [7, 11) is 5.26. The predicted molar refractivity (Wildman–Crippen MR) is 126 cm³/mol. The van der Waals surface area contributed by atoms with Crippen LogP contribution in [0.25, 0.3) is 0 Å². The summed E-state index contributed by atoms with van der Waals surface area (Å²) in [6, 6.07) is 14.0. The molecule has 2 N–H and O–H groups in total. The highest BCUT2D eigenvalue weighted by Gasteiger charge is 2.57. The van der Waals surface area contributed by atoms with Crippen LogP contribution in [-0.4, -0.2) is 80.6 Å². The largest absolute Gasteiger partial charge is 0.497 e. The van der Waals surface area contributed by atoms with E-state index < -0.39 is 48.1 Å². The minimum Gasteiger partial charge on any atom is -0.497 e. The minimum absolute atomic E-state index is 0.0906. The summed E-state index contributed by atoms with van der Waals surface area (Å²) in [5.41, 5.74) is 1.35. The van der Waals surface area contributed by atoms with Crippen molar-refractivity contribution in [2.75, 3.05) is 33.8 Å². The zero-order valence-electron chi connectivity index (χ0n) is 20.0. The standard InChI is InChI=1S/C25H30N2O8/c1-32-17-12-10-16(11-13-17)26-19(22(33-2)25(31)35-4)20-18(24(30)34-3)21(28)23(29)27(20)14-15-8-6-5-7-9-15/h5-13,18-22,26,28H,14H2,1-4H3/t18-,19-,20+,21-,22+/m0/s1. The number of carbonyl (C=O) groups is 3. The van der Waals surface area contributed by atoms with E-state index in [4.69, 9.17) is 18.9 Å². The van der Waals surface area contributed by atoms with Crippen LogP contribution in [-0.2, 0) is 35.1 Å². The van der Waals surface area contributed by atoms with Crippen molar-refractivity contribution >= 4 is 23.5 Å². The van der Waals surface area contributed by atoms with Gasteiger partial charge in [-0.15, -0.1) is 0 Å². The molecule has 10 heteroatoms. The molecule has 188 valence electrons. The molecule has 5 atom stereocenters. The molecule has 0 aliphatic carbocycles. The van der Waals surface area contributed by atoms with Crippen LogP contribution in [0.5, 0.6) is 5.75 Å². The Morgan fingerprint density at radius 3 is 2.20 bits per heavy atom. The van der Waals surface area contributed by atoms with E-state index in [0.29, 0.717) is 11.4 Å². The number of nitrogens with zero attached hydrogens (tertiary/aromatic N) is 1. The molecule has 35 heavy (non-hydrogen) atoms. The zero-order chi connectivity index (χ0) is 25.5. The maximum atomic E-state index is 13.2. The summed E-state index contributed by atoms with van der Waals surface area (Å²) in [6.45, 7) is 0.0906. The van der Waals surface area contributed by atoms with Gasteiger partial charge in [0, 0.05) is 19.3 Å². The van der Waals surface area contributed by atoms with Gasteiger partial charge in [-0.2, -0.15) is 0 Å². The second-order valence-electron chi connectivity index (χ2n) is 8.01. The van der Waals surface area contributed by atoms with Gasteiger partial charge in [-0.3, -0.25) is 9.59 Å². The molecular formula is C25H30N2O8. The Labute approximate surface area is 203 Å². The topological polar surface area (TPSA) is 124 Å². The molecule has 1 heterocycles. The van der Waals surface area contributed by atoms with Crippen LogP contribution in [0.15, 0.2) is 54.6 Å². The molecular weight excluding hydrogens is 456 g/mol. The summed E-state index contributed by atoms with van der Waals surface area (Å²) in [4.78, 5) is 40.1. The quantitative estimate of drug-likeness (QED) is 0.477. The lowest BCUT2D eigenvalue weighted by Gasteiger charge is -2.37. The molecule has 10 nitrogen and oxygen atoms in total. The van der Waals surface area contributed by atoms with Gasteiger partial charge in [-0.1, -0.05) is 30.3 Å². The Hall–Kier alpha value is -3.63. The molecule has 1 aliphatic heterocycles. The van der Waals surface area contributed by atoms with Gasteiger partial charge in [0.15, 0.2) is 6.10 Å². The Balaban J connectivity index is 2.11. The van der Waals surface area contributed by atoms with Crippen molar-refractivity contribution in [1.29, 1.82) is 0 Å². The fraction of sp³-hybridized carbons (Fsp3) is 0.400. The smallest absolute Gasteiger partial charge is 0.337 e. The summed E-state index contributed by atoms with van der Waals surface area (Å²) in [5, 5.41) is 14.0. The van der Waals surface area contributed by atoms with Gasteiger partial charge in [-0.05, 0) is 29.8 Å². The predicted octanol–water partition coefficient (Wildman–Crippen LogP) is 1.22. The molecule has 1 fully saturated rings. The number of aliphatic hydroxyl groups excluding tert-OH is 1. The van der Waals surface area contributed by atoms with Gasteiger partial charge in [0.2, 0.25) is 0 Å². The number of hydrogen-bond acceptors (Lipinski definition) is 9. The van der Waals surface area contributed by atoms with Crippen LogP contribution < -0.4 is 10.1 Å². The number of hydrogen-bond donors (Lipinski definition) is 2. The summed E-state index contributed by atoms with van der Waals surface area (Å²) in [6.07, 6.45) is -2.89. The second-order valence-corrected chi connectivity index (χ2v) is 8.01. The van der Waals surface area contributed by atoms with Crippen molar-refractivity contribution in [1.82, 2.24) is 4.90 Å². The van der Waals surface area contributed by atoms with Gasteiger partial charge in [0.05, 0.1) is 33.4 Å². The highest BCUT2D eigenvalue weighted by molar-refractivity contribution is 5.92. The lowest BCUT2D eigenvalue weighted by Crippen LogP contribution is -2.57. The average Bonchev–Trinajstić information content (AvgIpc) is 3.13. The number of esters is 2.